The van der Waals surface area contributed by atoms with Gasteiger partial charge in [-0.25, -0.2) is 13.8 Å². The lowest BCUT2D eigenvalue weighted by atomic mass is 10.1. The van der Waals surface area contributed by atoms with Crippen molar-refractivity contribution in [2.24, 2.45) is 0 Å². The number of hydrogen-bond donors (Lipinski definition) is 3. The van der Waals surface area contributed by atoms with Gasteiger partial charge in [0.1, 0.15) is 6.04 Å². The number of hydrazine groups is 1. The largest absolute Gasteiger partial charge is 0.325 e. The van der Waals surface area contributed by atoms with Gasteiger partial charge in [-0.15, -0.1) is 0 Å². The van der Waals surface area contributed by atoms with E-state index in [0.717, 1.165) is 25.5 Å². The molecule has 6 nitrogen and oxygen atoms in total. The zero-order chi connectivity index (χ0) is 15.5. The van der Waals surface area contributed by atoms with Gasteiger partial charge in [-0.2, -0.15) is 0 Å². The van der Waals surface area contributed by atoms with Gasteiger partial charge >= 0.3 is 0 Å². The SMILES string of the molecule is CCCC1CC(C(=O)Nc2cccc(S(C)(=O)=O)c2)NN1. The number of sulfone groups is 1. The van der Waals surface area contributed by atoms with Crippen molar-refractivity contribution in [2.45, 2.75) is 43.2 Å². The van der Waals surface area contributed by atoms with Crippen LogP contribution in [-0.2, 0) is 14.6 Å². The van der Waals surface area contributed by atoms with Gasteiger partial charge in [0.15, 0.2) is 9.84 Å². The third-order valence-electron chi connectivity index (χ3n) is 3.47. The molecular weight excluding hydrogens is 290 g/mol. The van der Waals surface area contributed by atoms with Crippen molar-refractivity contribution in [3.63, 3.8) is 0 Å². The highest BCUT2D eigenvalue weighted by Crippen LogP contribution is 2.17. The van der Waals surface area contributed by atoms with Gasteiger partial charge in [0.2, 0.25) is 5.91 Å². The lowest BCUT2D eigenvalue weighted by molar-refractivity contribution is -0.117. The third kappa shape index (κ3) is 4.26. The Morgan fingerprint density at radius 1 is 1.38 bits per heavy atom. The van der Waals surface area contributed by atoms with Crippen LogP contribution in [0.25, 0.3) is 0 Å². The summed E-state index contributed by atoms with van der Waals surface area (Å²) in [5.74, 6) is -0.160. The molecule has 0 aromatic heterocycles. The number of amides is 1. The number of hydrogen-bond acceptors (Lipinski definition) is 5. The van der Waals surface area contributed by atoms with E-state index in [0.29, 0.717) is 11.7 Å². The van der Waals surface area contributed by atoms with Gasteiger partial charge in [-0.1, -0.05) is 19.4 Å². The molecule has 1 heterocycles. The Bertz CT molecular complexity index is 616. The Hall–Kier alpha value is -1.44. The number of nitrogens with one attached hydrogen (secondary N) is 3. The summed E-state index contributed by atoms with van der Waals surface area (Å²) in [4.78, 5) is 12.4. The predicted octanol–water partition coefficient (Wildman–Crippen LogP) is 1.06. The van der Waals surface area contributed by atoms with Crippen molar-refractivity contribution in [3.05, 3.63) is 24.3 Å². The number of carbonyl (C=O) groups is 1. The Morgan fingerprint density at radius 3 is 2.81 bits per heavy atom. The minimum Gasteiger partial charge on any atom is -0.325 e. The molecule has 21 heavy (non-hydrogen) atoms. The highest BCUT2D eigenvalue weighted by atomic mass is 32.2. The summed E-state index contributed by atoms with van der Waals surface area (Å²) in [7, 11) is -3.28. The molecule has 1 fully saturated rings. The highest BCUT2D eigenvalue weighted by Gasteiger charge is 2.28. The fraction of sp³-hybridized carbons (Fsp3) is 0.500. The van der Waals surface area contributed by atoms with Crippen LogP contribution in [0.1, 0.15) is 26.2 Å². The van der Waals surface area contributed by atoms with Crippen LogP contribution in [-0.4, -0.2) is 32.7 Å². The Labute approximate surface area is 125 Å². The molecule has 1 amide bonds. The van der Waals surface area contributed by atoms with Crippen molar-refractivity contribution in [3.8, 4) is 0 Å². The van der Waals surface area contributed by atoms with Crippen LogP contribution in [0.5, 0.6) is 0 Å². The maximum atomic E-state index is 12.2. The lowest BCUT2D eigenvalue weighted by Crippen LogP contribution is -2.40. The summed E-state index contributed by atoms with van der Waals surface area (Å²) < 4.78 is 23.0. The van der Waals surface area contributed by atoms with E-state index in [4.69, 9.17) is 0 Å². The topological polar surface area (TPSA) is 87.3 Å². The smallest absolute Gasteiger partial charge is 0.242 e. The van der Waals surface area contributed by atoms with Crippen molar-refractivity contribution in [1.82, 2.24) is 10.9 Å². The van der Waals surface area contributed by atoms with Crippen LogP contribution in [0.4, 0.5) is 5.69 Å². The summed E-state index contributed by atoms with van der Waals surface area (Å²) in [6.07, 6.45) is 3.95. The van der Waals surface area contributed by atoms with Crippen LogP contribution in [0.15, 0.2) is 29.2 Å². The minimum absolute atomic E-state index is 0.160. The molecular formula is C14H21N3O3S. The lowest BCUT2D eigenvalue weighted by Gasteiger charge is -2.11. The fourth-order valence-electron chi connectivity index (χ4n) is 2.37. The van der Waals surface area contributed by atoms with Crippen LogP contribution in [0.2, 0.25) is 0 Å². The molecule has 2 rings (SSSR count). The summed E-state index contributed by atoms with van der Waals surface area (Å²) in [6, 6.07) is 6.28. The quantitative estimate of drug-likeness (QED) is 0.757. The standard InChI is InChI=1S/C14H21N3O3S/c1-3-5-11-9-13(17-16-11)14(18)15-10-6-4-7-12(8-10)21(2,19)20/h4,6-8,11,13,16-17H,3,5,9H2,1-2H3,(H,15,18). The monoisotopic (exact) mass is 311 g/mol. The molecule has 7 heteroatoms. The van der Waals surface area contributed by atoms with Crippen molar-refractivity contribution < 1.29 is 13.2 Å². The average molecular weight is 311 g/mol. The molecule has 116 valence electrons. The summed E-state index contributed by atoms with van der Waals surface area (Å²) in [5, 5.41) is 2.75. The van der Waals surface area contributed by atoms with E-state index >= 15 is 0 Å². The summed E-state index contributed by atoms with van der Waals surface area (Å²) in [6.45, 7) is 2.10. The molecule has 0 radical (unpaired) electrons. The van der Waals surface area contributed by atoms with Crippen LogP contribution in [0.3, 0.4) is 0 Å². The van der Waals surface area contributed by atoms with E-state index in [-0.39, 0.29) is 16.8 Å². The Morgan fingerprint density at radius 2 is 2.14 bits per heavy atom. The van der Waals surface area contributed by atoms with Crippen molar-refractivity contribution in [2.75, 3.05) is 11.6 Å². The molecule has 1 aromatic rings. The Kier molecular flexibility index (Phi) is 4.97. The fourth-order valence-corrected chi connectivity index (χ4v) is 3.03. The first kappa shape index (κ1) is 15.9. The zero-order valence-corrected chi connectivity index (χ0v) is 13.0. The number of rotatable bonds is 5. The van der Waals surface area contributed by atoms with Crippen LogP contribution in [0, 0.1) is 0 Å². The normalized spacial score (nSPS) is 22.2. The molecule has 1 aliphatic heterocycles. The van der Waals surface area contributed by atoms with Gasteiger partial charge in [0, 0.05) is 18.0 Å². The van der Waals surface area contributed by atoms with Gasteiger partial charge in [-0.3, -0.25) is 10.2 Å². The maximum absolute atomic E-state index is 12.2. The molecule has 2 unspecified atom stereocenters. The molecule has 1 saturated heterocycles. The predicted molar refractivity (Wildman–Crippen MR) is 81.6 cm³/mol. The second kappa shape index (κ2) is 6.55. The van der Waals surface area contributed by atoms with Gasteiger partial charge in [0.05, 0.1) is 4.90 Å². The summed E-state index contributed by atoms with van der Waals surface area (Å²) >= 11 is 0. The molecule has 0 spiro atoms. The first-order valence-corrected chi connectivity index (χ1v) is 8.91. The molecule has 3 N–H and O–H groups in total. The van der Waals surface area contributed by atoms with E-state index in [1.165, 1.54) is 12.1 Å². The number of anilines is 1. The molecule has 2 atom stereocenters. The second-order valence-electron chi connectivity index (χ2n) is 5.35. The molecule has 0 aliphatic carbocycles. The van der Waals surface area contributed by atoms with E-state index in [1.807, 2.05) is 0 Å². The van der Waals surface area contributed by atoms with Gasteiger partial charge < -0.3 is 5.32 Å². The highest BCUT2D eigenvalue weighted by molar-refractivity contribution is 7.90. The van der Waals surface area contributed by atoms with E-state index in [1.54, 1.807) is 12.1 Å². The first-order valence-electron chi connectivity index (χ1n) is 7.02. The average Bonchev–Trinajstić information content (AvgIpc) is 2.87. The molecule has 0 saturated carbocycles. The second-order valence-corrected chi connectivity index (χ2v) is 7.37. The number of benzene rings is 1. The Balaban J connectivity index is 2.01. The van der Waals surface area contributed by atoms with E-state index in [9.17, 15) is 13.2 Å². The van der Waals surface area contributed by atoms with Gasteiger partial charge in [-0.05, 0) is 31.0 Å². The number of carbonyl (C=O) groups excluding carboxylic acids is 1. The van der Waals surface area contributed by atoms with E-state index < -0.39 is 9.84 Å². The van der Waals surface area contributed by atoms with E-state index in [2.05, 4.69) is 23.1 Å². The molecule has 1 aromatic carbocycles. The van der Waals surface area contributed by atoms with Crippen molar-refractivity contribution in [1.29, 1.82) is 0 Å². The summed E-state index contributed by atoms with van der Waals surface area (Å²) in [5.41, 5.74) is 6.57. The third-order valence-corrected chi connectivity index (χ3v) is 4.58. The van der Waals surface area contributed by atoms with Gasteiger partial charge in [0.25, 0.3) is 0 Å². The van der Waals surface area contributed by atoms with Crippen LogP contribution < -0.4 is 16.2 Å². The minimum atomic E-state index is -3.28. The van der Waals surface area contributed by atoms with Crippen molar-refractivity contribution >= 4 is 21.4 Å². The molecule has 0 bridgehead atoms. The maximum Gasteiger partial charge on any atom is 0.242 e. The van der Waals surface area contributed by atoms with Crippen LogP contribution >= 0.6 is 0 Å². The first-order chi connectivity index (χ1) is 9.90. The zero-order valence-electron chi connectivity index (χ0n) is 12.2. The molecule has 1 aliphatic rings.